The van der Waals surface area contributed by atoms with Gasteiger partial charge in [-0.1, -0.05) is 6.07 Å². The van der Waals surface area contributed by atoms with E-state index in [2.05, 4.69) is 21.4 Å². The molecule has 0 aliphatic heterocycles. The number of sulfonamides is 1. The second kappa shape index (κ2) is 6.11. The number of fused-ring (bicyclic) bond motifs is 2. The van der Waals surface area contributed by atoms with Gasteiger partial charge in [0.2, 0.25) is 0 Å². The summed E-state index contributed by atoms with van der Waals surface area (Å²) in [6.45, 7) is 0. The molecule has 0 radical (unpaired) electrons. The van der Waals surface area contributed by atoms with E-state index in [1.165, 1.54) is 23.4 Å². The Bertz CT molecular complexity index is 910. The van der Waals surface area contributed by atoms with E-state index in [9.17, 15) is 13.2 Å². The summed E-state index contributed by atoms with van der Waals surface area (Å²) in [6, 6.07) is 2.74. The summed E-state index contributed by atoms with van der Waals surface area (Å²) in [5.74, 6) is 0. The molecule has 2 aromatic rings. The highest BCUT2D eigenvalue weighted by Crippen LogP contribution is 2.38. The van der Waals surface area contributed by atoms with Gasteiger partial charge in [-0.15, -0.1) is 0 Å². The summed E-state index contributed by atoms with van der Waals surface area (Å²) in [7, 11) is -4.02. The normalized spacial score (nSPS) is 15.5. The number of benzene rings is 1. The first-order valence-corrected chi connectivity index (χ1v) is 9.79. The highest BCUT2D eigenvalue weighted by atomic mass is 32.2. The fraction of sp³-hybridized carbons (Fsp3) is 0.353. The zero-order valence-electron chi connectivity index (χ0n) is 13.6. The summed E-state index contributed by atoms with van der Waals surface area (Å²) in [5, 5.41) is 2.56. The Morgan fingerprint density at radius 2 is 1.72 bits per heavy atom. The molecule has 2 aliphatic rings. The Balaban J connectivity index is 1.60. The molecule has 1 aromatic heterocycles. The molecule has 0 atom stereocenters. The number of rotatable bonds is 3. The van der Waals surface area contributed by atoms with E-state index in [4.69, 9.17) is 0 Å². The van der Waals surface area contributed by atoms with E-state index in [-0.39, 0.29) is 5.03 Å². The molecule has 0 spiro atoms. The van der Waals surface area contributed by atoms with Gasteiger partial charge in [0.25, 0.3) is 10.0 Å². The average molecular weight is 358 g/mol. The van der Waals surface area contributed by atoms with Gasteiger partial charge in [0, 0.05) is 11.9 Å². The van der Waals surface area contributed by atoms with Crippen molar-refractivity contribution in [2.45, 2.75) is 43.6 Å². The summed E-state index contributed by atoms with van der Waals surface area (Å²) in [5.41, 5.74) is 5.65. The van der Waals surface area contributed by atoms with Crippen LogP contribution < -0.4 is 10.0 Å². The number of hydrogen-bond donors (Lipinski definition) is 2. The number of nitrogens with zero attached hydrogens (tertiary/aromatic N) is 2. The van der Waals surface area contributed by atoms with Crippen molar-refractivity contribution in [3.8, 4) is 0 Å². The quantitative estimate of drug-likeness (QED) is 0.817. The fourth-order valence-electron chi connectivity index (χ4n) is 3.72. The molecular formula is C17H18N4O3S. The van der Waals surface area contributed by atoms with Crippen LogP contribution in [0.25, 0.3) is 0 Å². The van der Waals surface area contributed by atoms with Crippen molar-refractivity contribution in [3.05, 3.63) is 46.9 Å². The van der Waals surface area contributed by atoms with Crippen LogP contribution in [-0.2, 0) is 35.7 Å². The zero-order valence-corrected chi connectivity index (χ0v) is 14.4. The van der Waals surface area contributed by atoms with E-state index < -0.39 is 16.1 Å². The Morgan fingerprint density at radius 3 is 2.32 bits per heavy atom. The van der Waals surface area contributed by atoms with Crippen LogP contribution in [0.4, 0.5) is 10.5 Å². The fourth-order valence-corrected chi connectivity index (χ4v) is 4.54. The van der Waals surface area contributed by atoms with Crippen LogP contribution in [0.5, 0.6) is 0 Å². The molecule has 1 heterocycles. The lowest BCUT2D eigenvalue weighted by molar-refractivity contribution is 0.256. The van der Waals surface area contributed by atoms with Crippen molar-refractivity contribution in [2.24, 2.45) is 0 Å². The summed E-state index contributed by atoms with van der Waals surface area (Å²) in [4.78, 5) is 19.7. The predicted molar refractivity (Wildman–Crippen MR) is 91.9 cm³/mol. The van der Waals surface area contributed by atoms with Crippen LogP contribution in [0.15, 0.2) is 29.7 Å². The van der Waals surface area contributed by atoms with Crippen LogP contribution in [0, 0.1) is 0 Å². The SMILES string of the molecule is O=C(Nc1c2c(cc3c1CCC3)CCC2)NS(=O)(=O)c1ccncn1. The molecule has 2 amide bonds. The third kappa shape index (κ3) is 2.97. The van der Waals surface area contributed by atoms with Crippen molar-refractivity contribution >= 4 is 21.7 Å². The van der Waals surface area contributed by atoms with Gasteiger partial charge < -0.3 is 5.32 Å². The molecule has 25 heavy (non-hydrogen) atoms. The third-order valence-electron chi connectivity index (χ3n) is 4.77. The lowest BCUT2D eigenvalue weighted by Crippen LogP contribution is -2.35. The van der Waals surface area contributed by atoms with Crippen molar-refractivity contribution in [1.82, 2.24) is 14.7 Å². The largest absolute Gasteiger partial charge is 0.333 e. The van der Waals surface area contributed by atoms with Crippen LogP contribution in [-0.4, -0.2) is 24.4 Å². The van der Waals surface area contributed by atoms with E-state index in [0.29, 0.717) is 0 Å². The second-order valence-corrected chi connectivity index (χ2v) is 7.97. The first-order chi connectivity index (χ1) is 12.0. The number of amides is 2. The number of carbonyl (C=O) groups excluding carboxylic acids is 1. The Kier molecular flexibility index (Phi) is 3.91. The maximum Gasteiger partial charge on any atom is 0.333 e. The number of carbonyl (C=O) groups is 1. The molecule has 0 fully saturated rings. The van der Waals surface area contributed by atoms with Gasteiger partial charge in [-0.2, -0.15) is 8.42 Å². The molecule has 0 saturated heterocycles. The molecule has 4 rings (SSSR count). The lowest BCUT2D eigenvalue weighted by atomic mass is 9.99. The number of urea groups is 1. The molecule has 7 nitrogen and oxygen atoms in total. The number of hydrogen-bond acceptors (Lipinski definition) is 5. The van der Waals surface area contributed by atoms with E-state index >= 15 is 0 Å². The van der Waals surface area contributed by atoms with Gasteiger partial charge in [-0.3, -0.25) is 0 Å². The maximum atomic E-state index is 12.4. The maximum absolute atomic E-state index is 12.4. The highest BCUT2D eigenvalue weighted by molar-refractivity contribution is 7.90. The molecule has 0 saturated carbocycles. The first-order valence-electron chi connectivity index (χ1n) is 8.31. The zero-order chi connectivity index (χ0) is 17.4. The van der Waals surface area contributed by atoms with Gasteiger partial charge >= 0.3 is 6.03 Å². The molecule has 1 aromatic carbocycles. The van der Waals surface area contributed by atoms with Gasteiger partial charge in [0.1, 0.15) is 6.33 Å². The monoisotopic (exact) mass is 358 g/mol. The Hall–Kier alpha value is -2.48. The molecule has 8 heteroatoms. The molecule has 0 bridgehead atoms. The smallest absolute Gasteiger partial charge is 0.307 e. The van der Waals surface area contributed by atoms with Crippen molar-refractivity contribution in [3.63, 3.8) is 0 Å². The van der Waals surface area contributed by atoms with Crippen LogP contribution in [0.3, 0.4) is 0 Å². The standard InChI is InChI=1S/C17H18N4O3S/c22-17(21-25(23,24)15-7-8-18-10-19-15)20-16-13-5-1-3-11(13)9-12-4-2-6-14(12)16/h7-10H,1-6H2,(H2,20,21,22). The minimum Gasteiger partial charge on any atom is -0.307 e. The second-order valence-electron chi connectivity index (χ2n) is 6.34. The van der Waals surface area contributed by atoms with Crippen LogP contribution in [0.2, 0.25) is 0 Å². The Labute approximate surface area is 145 Å². The van der Waals surface area contributed by atoms with Crippen molar-refractivity contribution < 1.29 is 13.2 Å². The summed E-state index contributed by atoms with van der Waals surface area (Å²) >= 11 is 0. The average Bonchev–Trinajstić information content (AvgIpc) is 3.24. The van der Waals surface area contributed by atoms with Gasteiger partial charge in [0.15, 0.2) is 5.03 Å². The Morgan fingerprint density at radius 1 is 1.04 bits per heavy atom. The van der Waals surface area contributed by atoms with E-state index in [1.54, 1.807) is 0 Å². The molecule has 2 N–H and O–H groups in total. The summed E-state index contributed by atoms with van der Waals surface area (Å²) < 4.78 is 26.5. The molecular weight excluding hydrogens is 340 g/mol. The van der Waals surface area contributed by atoms with Gasteiger partial charge in [0.05, 0.1) is 0 Å². The first kappa shape index (κ1) is 16.0. The predicted octanol–water partition coefficient (Wildman–Crippen LogP) is 1.96. The molecule has 2 aliphatic carbocycles. The van der Waals surface area contributed by atoms with Gasteiger partial charge in [-0.05, 0) is 66.8 Å². The van der Waals surface area contributed by atoms with Crippen LogP contribution in [0.1, 0.15) is 35.1 Å². The van der Waals surface area contributed by atoms with E-state index in [0.717, 1.165) is 61.7 Å². The van der Waals surface area contributed by atoms with Crippen molar-refractivity contribution in [1.29, 1.82) is 0 Å². The van der Waals surface area contributed by atoms with Gasteiger partial charge in [-0.25, -0.2) is 19.5 Å². The topological polar surface area (TPSA) is 101 Å². The minimum atomic E-state index is -4.02. The molecule has 0 unspecified atom stereocenters. The molecule has 130 valence electrons. The van der Waals surface area contributed by atoms with Crippen molar-refractivity contribution in [2.75, 3.05) is 5.32 Å². The number of nitrogens with one attached hydrogen (secondary N) is 2. The third-order valence-corrected chi connectivity index (χ3v) is 6.02. The summed E-state index contributed by atoms with van der Waals surface area (Å²) in [6.07, 6.45) is 8.42. The number of aryl methyl sites for hydroxylation is 2. The lowest BCUT2D eigenvalue weighted by Gasteiger charge is -2.16. The van der Waals surface area contributed by atoms with Crippen LogP contribution >= 0.6 is 0 Å². The van der Waals surface area contributed by atoms with E-state index in [1.807, 2.05) is 4.72 Å². The number of aromatic nitrogens is 2. The minimum absolute atomic E-state index is 0.235. The number of anilines is 1. The highest BCUT2D eigenvalue weighted by Gasteiger charge is 2.26.